The van der Waals surface area contributed by atoms with Crippen LogP contribution in [0.1, 0.15) is 6.92 Å². The highest BCUT2D eigenvalue weighted by Gasteiger charge is 2.14. The van der Waals surface area contributed by atoms with Crippen molar-refractivity contribution in [1.29, 1.82) is 0 Å². The van der Waals surface area contributed by atoms with E-state index in [1.165, 1.54) is 6.92 Å². The molecule has 0 fully saturated rings. The van der Waals surface area contributed by atoms with Gasteiger partial charge in [0.2, 0.25) is 6.16 Å². The molecule has 0 saturated carbocycles. The molecule has 0 aliphatic carbocycles. The molecule has 4 heteroatoms. The van der Waals surface area contributed by atoms with E-state index < -0.39 is 14.2 Å². The highest BCUT2D eigenvalue weighted by atomic mass is 31.1. The van der Waals surface area contributed by atoms with Crippen molar-refractivity contribution in [2.75, 3.05) is 6.16 Å². The Bertz CT molecular complexity index is 73.3. The molecule has 42 valence electrons. The predicted molar refractivity (Wildman–Crippen MR) is 25.3 cm³/mol. The van der Waals surface area contributed by atoms with Gasteiger partial charge in [0.05, 0.1) is 0 Å². The number of hydrogen-bond acceptors (Lipinski definition) is 1. The summed E-state index contributed by atoms with van der Waals surface area (Å²) in [6, 6.07) is 0. The van der Waals surface area contributed by atoms with Crippen molar-refractivity contribution in [3.8, 4) is 0 Å². The lowest BCUT2D eigenvalue weighted by atomic mass is 10.5. The third kappa shape index (κ3) is 5.99. The van der Waals surface area contributed by atoms with E-state index in [4.69, 9.17) is 4.89 Å². The molecule has 0 aromatic carbocycles. The normalized spacial score (nSPS) is 16.1. The fourth-order valence-electron chi connectivity index (χ4n) is 0.215. The van der Waals surface area contributed by atoms with Gasteiger partial charge in [0.25, 0.3) is 0 Å². The van der Waals surface area contributed by atoms with Crippen LogP contribution in [0, 0.1) is 0 Å². The van der Waals surface area contributed by atoms with Crippen molar-refractivity contribution in [2.45, 2.75) is 13.1 Å². The minimum absolute atomic E-state index is 0.241. The molecular formula is C3H7FO2P+. The summed E-state index contributed by atoms with van der Waals surface area (Å²) in [5, 5.41) is 0. The Morgan fingerprint density at radius 1 is 2.00 bits per heavy atom. The van der Waals surface area contributed by atoms with Crippen LogP contribution in [0.25, 0.3) is 0 Å². The van der Waals surface area contributed by atoms with Gasteiger partial charge in [0.15, 0.2) is 0 Å². The van der Waals surface area contributed by atoms with Crippen molar-refractivity contribution in [3.05, 3.63) is 0 Å². The van der Waals surface area contributed by atoms with Crippen molar-refractivity contribution >= 4 is 8.03 Å². The summed E-state index contributed by atoms with van der Waals surface area (Å²) in [5.74, 6) is 0. The Morgan fingerprint density at radius 2 is 2.43 bits per heavy atom. The molecule has 0 aliphatic heterocycles. The van der Waals surface area contributed by atoms with E-state index >= 15 is 0 Å². The SMILES string of the molecule is CC(F)C[P+](=O)O. The third-order valence-corrected chi connectivity index (χ3v) is 1.22. The first-order chi connectivity index (χ1) is 3.13. The first-order valence-corrected chi connectivity index (χ1v) is 3.30. The molecule has 0 radical (unpaired) electrons. The van der Waals surface area contributed by atoms with E-state index in [-0.39, 0.29) is 6.16 Å². The third-order valence-electron chi connectivity index (χ3n) is 0.408. The maximum atomic E-state index is 11.6. The van der Waals surface area contributed by atoms with Crippen molar-refractivity contribution < 1.29 is 13.8 Å². The van der Waals surface area contributed by atoms with Crippen molar-refractivity contribution in [1.82, 2.24) is 0 Å². The summed E-state index contributed by atoms with van der Waals surface area (Å²) in [5.41, 5.74) is 0. The molecule has 0 amide bonds. The molecule has 0 aromatic heterocycles. The van der Waals surface area contributed by atoms with Crippen LogP contribution in [-0.2, 0) is 4.57 Å². The number of rotatable bonds is 2. The van der Waals surface area contributed by atoms with Crippen molar-refractivity contribution in [3.63, 3.8) is 0 Å². The lowest BCUT2D eigenvalue weighted by molar-refractivity contribution is 0.383. The van der Waals surface area contributed by atoms with Gasteiger partial charge in [-0.2, -0.15) is 4.89 Å². The lowest BCUT2D eigenvalue weighted by Crippen LogP contribution is -1.94. The van der Waals surface area contributed by atoms with Gasteiger partial charge < -0.3 is 0 Å². The Morgan fingerprint density at radius 3 is 2.43 bits per heavy atom. The molecule has 0 bridgehead atoms. The molecular weight excluding hydrogens is 118 g/mol. The number of hydrogen-bond donors (Lipinski definition) is 1. The second kappa shape index (κ2) is 3.05. The Kier molecular flexibility index (Phi) is 3.05. The van der Waals surface area contributed by atoms with Crippen LogP contribution >= 0.6 is 8.03 Å². The van der Waals surface area contributed by atoms with Crippen LogP contribution < -0.4 is 0 Å². The van der Waals surface area contributed by atoms with Gasteiger partial charge in [-0.25, -0.2) is 4.39 Å². The van der Waals surface area contributed by atoms with E-state index in [1.54, 1.807) is 0 Å². The fourth-order valence-corrected chi connectivity index (χ4v) is 0.646. The van der Waals surface area contributed by atoms with Crippen LogP contribution in [0.2, 0.25) is 0 Å². The van der Waals surface area contributed by atoms with Gasteiger partial charge in [-0.15, -0.1) is 0 Å². The zero-order chi connectivity index (χ0) is 5.86. The minimum atomic E-state index is -2.26. The summed E-state index contributed by atoms with van der Waals surface area (Å²) in [6.07, 6.45) is -1.40. The number of halogens is 1. The van der Waals surface area contributed by atoms with E-state index in [0.717, 1.165) is 0 Å². The summed E-state index contributed by atoms with van der Waals surface area (Å²) < 4.78 is 21.3. The molecule has 2 atom stereocenters. The predicted octanol–water partition coefficient (Wildman–Crippen LogP) is 1.08. The standard InChI is InChI=1S/C3H6FO2P/c1-3(4)2-7(5)6/h3H,2H2,1H3/p+1. The highest BCUT2D eigenvalue weighted by Crippen LogP contribution is 2.14. The molecule has 2 unspecified atom stereocenters. The Hall–Kier alpha value is -0.0100. The van der Waals surface area contributed by atoms with Crippen molar-refractivity contribution in [2.24, 2.45) is 0 Å². The van der Waals surface area contributed by atoms with Gasteiger partial charge in [0, 0.05) is 0 Å². The van der Waals surface area contributed by atoms with Crippen LogP contribution in [0.5, 0.6) is 0 Å². The summed E-state index contributed by atoms with van der Waals surface area (Å²) in [4.78, 5) is 7.99. The quantitative estimate of drug-likeness (QED) is 0.560. The Labute approximate surface area is 42.2 Å². The second-order valence-electron chi connectivity index (χ2n) is 1.32. The molecule has 0 heterocycles. The van der Waals surface area contributed by atoms with E-state index in [0.29, 0.717) is 0 Å². The highest BCUT2D eigenvalue weighted by molar-refractivity contribution is 7.38. The molecule has 0 aliphatic rings. The minimum Gasteiger partial charge on any atom is -0.243 e. The van der Waals surface area contributed by atoms with Gasteiger partial charge in [-0.05, 0) is 11.5 Å². The van der Waals surface area contributed by atoms with Gasteiger partial charge in [0.1, 0.15) is 6.17 Å². The van der Waals surface area contributed by atoms with Gasteiger partial charge in [-0.1, -0.05) is 0 Å². The summed E-state index contributed by atoms with van der Waals surface area (Å²) >= 11 is 0. The largest absolute Gasteiger partial charge is 0.508 e. The Balaban J connectivity index is 3.13. The topological polar surface area (TPSA) is 37.3 Å². The van der Waals surface area contributed by atoms with Gasteiger partial charge >= 0.3 is 8.03 Å². The average molecular weight is 125 g/mol. The van der Waals surface area contributed by atoms with Crippen LogP contribution in [0.15, 0.2) is 0 Å². The molecule has 1 N–H and O–H groups in total. The fraction of sp³-hybridized carbons (Fsp3) is 1.00. The maximum absolute atomic E-state index is 11.6. The summed E-state index contributed by atoms with van der Waals surface area (Å²) in [7, 11) is -2.26. The zero-order valence-electron chi connectivity index (χ0n) is 3.97. The smallest absolute Gasteiger partial charge is 0.243 e. The monoisotopic (exact) mass is 125 g/mol. The van der Waals surface area contributed by atoms with E-state index in [9.17, 15) is 8.96 Å². The second-order valence-corrected chi connectivity index (χ2v) is 2.39. The first-order valence-electron chi connectivity index (χ1n) is 1.90. The van der Waals surface area contributed by atoms with Crippen LogP contribution in [0.3, 0.4) is 0 Å². The van der Waals surface area contributed by atoms with Crippen LogP contribution in [0.4, 0.5) is 4.39 Å². The van der Waals surface area contributed by atoms with Crippen LogP contribution in [-0.4, -0.2) is 17.2 Å². The molecule has 0 rings (SSSR count). The molecule has 0 aromatic rings. The zero-order valence-corrected chi connectivity index (χ0v) is 4.86. The lowest BCUT2D eigenvalue weighted by Gasteiger charge is -1.81. The summed E-state index contributed by atoms with van der Waals surface area (Å²) in [6.45, 7) is 1.25. The first kappa shape index (κ1) is 6.99. The molecule has 7 heavy (non-hydrogen) atoms. The van der Waals surface area contributed by atoms with E-state index in [2.05, 4.69) is 0 Å². The molecule has 2 nitrogen and oxygen atoms in total. The van der Waals surface area contributed by atoms with Gasteiger partial charge in [-0.3, -0.25) is 0 Å². The average Bonchev–Trinajstić information content (AvgIpc) is 1.27. The molecule has 0 spiro atoms. The maximum Gasteiger partial charge on any atom is 0.508 e. The molecule has 0 saturated heterocycles. The number of alkyl halides is 1. The van der Waals surface area contributed by atoms with E-state index in [1.807, 2.05) is 0 Å².